The molecule has 0 aromatic heterocycles. The van der Waals surface area contributed by atoms with E-state index in [1.54, 1.807) is 7.11 Å². The van der Waals surface area contributed by atoms with E-state index in [0.29, 0.717) is 12.8 Å². The lowest BCUT2D eigenvalue weighted by atomic mass is 10.0. The molecule has 2 N–H and O–H groups in total. The molecule has 0 radical (unpaired) electrons. The zero-order valence-corrected chi connectivity index (χ0v) is 12.7. The summed E-state index contributed by atoms with van der Waals surface area (Å²) in [6.07, 6.45) is 5.61. The van der Waals surface area contributed by atoms with E-state index in [1.165, 1.54) is 0 Å². The molecule has 1 aromatic carbocycles. The van der Waals surface area contributed by atoms with Crippen molar-refractivity contribution in [3.05, 3.63) is 29.8 Å². The second-order valence-corrected chi connectivity index (χ2v) is 5.69. The highest BCUT2D eigenvalue weighted by atomic mass is 16.5. The number of para-hydroxylation sites is 1. The van der Waals surface area contributed by atoms with Crippen LogP contribution in [-0.4, -0.2) is 30.3 Å². The predicted molar refractivity (Wildman–Crippen MR) is 82.3 cm³/mol. The Bertz CT molecular complexity index is 461. The van der Waals surface area contributed by atoms with Gasteiger partial charge in [0.25, 0.3) is 0 Å². The van der Waals surface area contributed by atoms with E-state index in [2.05, 4.69) is 5.32 Å². The molecule has 116 valence electrons. The van der Waals surface area contributed by atoms with Crippen LogP contribution in [0.5, 0.6) is 5.75 Å². The lowest BCUT2D eigenvalue weighted by Gasteiger charge is -2.21. The van der Waals surface area contributed by atoms with Crippen LogP contribution in [0, 0.1) is 0 Å². The number of nitrogens with one attached hydrogen (secondary N) is 1. The van der Waals surface area contributed by atoms with Crippen LogP contribution < -0.4 is 10.1 Å². The summed E-state index contributed by atoms with van der Waals surface area (Å²) in [5.74, 6) is 0.826. The highest BCUT2D eigenvalue weighted by Gasteiger charge is 2.22. The van der Waals surface area contributed by atoms with Crippen molar-refractivity contribution in [2.45, 2.75) is 57.1 Å². The third-order valence-corrected chi connectivity index (χ3v) is 4.14. The molecule has 1 amide bonds. The maximum Gasteiger partial charge on any atom is 0.220 e. The Morgan fingerprint density at radius 2 is 2.05 bits per heavy atom. The van der Waals surface area contributed by atoms with E-state index in [1.807, 2.05) is 24.3 Å². The molecule has 1 saturated carbocycles. The van der Waals surface area contributed by atoms with Crippen molar-refractivity contribution in [1.82, 2.24) is 5.32 Å². The van der Waals surface area contributed by atoms with Gasteiger partial charge in [0.15, 0.2) is 0 Å². The number of carbonyl (C=O) groups is 1. The molecule has 2 atom stereocenters. The molecule has 0 aliphatic heterocycles. The molecule has 0 spiro atoms. The zero-order valence-electron chi connectivity index (χ0n) is 12.7. The monoisotopic (exact) mass is 291 g/mol. The van der Waals surface area contributed by atoms with Crippen molar-refractivity contribution in [2.24, 2.45) is 0 Å². The van der Waals surface area contributed by atoms with Crippen molar-refractivity contribution in [1.29, 1.82) is 0 Å². The van der Waals surface area contributed by atoms with Gasteiger partial charge in [-0.05, 0) is 30.9 Å². The molecule has 21 heavy (non-hydrogen) atoms. The molecule has 0 bridgehead atoms. The van der Waals surface area contributed by atoms with Crippen LogP contribution in [0.2, 0.25) is 0 Å². The number of aliphatic hydroxyl groups is 1. The fourth-order valence-corrected chi connectivity index (χ4v) is 2.89. The fraction of sp³-hybridized carbons (Fsp3) is 0.588. The lowest BCUT2D eigenvalue weighted by molar-refractivity contribution is -0.122. The number of carbonyl (C=O) groups excluding carboxylic acids is 1. The molecule has 1 aliphatic rings. The first kappa shape index (κ1) is 15.8. The highest BCUT2D eigenvalue weighted by molar-refractivity contribution is 5.76. The summed E-state index contributed by atoms with van der Waals surface area (Å²) >= 11 is 0. The summed E-state index contributed by atoms with van der Waals surface area (Å²) in [6.45, 7) is 0. The van der Waals surface area contributed by atoms with Gasteiger partial charge in [-0.25, -0.2) is 0 Å². The molecule has 1 fully saturated rings. The van der Waals surface area contributed by atoms with Crippen molar-refractivity contribution >= 4 is 5.91 Å². The van der Waals surface area contributed by atoms with Crippen LogP contribution in [0.3, 0.4) is 0 Å². The zero-order chi connectivity index (χ0) is 15.1. The number of benzene rings is 1. The quantitative estimate of drug-likeness (QED) is 0.819. The van der Waals surface area contributed by atoms with Gasteiger partial charge in [0, 0.05) is 6.42 Å². The Morgan fingerprint density at radius 3 is 2.86 bits per heavy atom. The number of rotatable bonds is 5. The van der Waals surface area contributed by atoms with Crippen molar-refractivity contribution < 1.29 is 14.6 Å². The van der Waals surface area contributed by atoms with Crippen LogP contribution in [0.15, 0.2) is 24.3 Å². The number of ether oxygens (including phenoxy) is 1. The Labute approximate surface area is 126 Å². The number of hydrogen-bond donors (Lipinski definition) is 2. The van der Waals surface area contributed by atoms with Gasteiger partial charge in [0.2, 0.25) is 5.91 Å². The first-order valence-corrected chi connectivity index (χ1v) is 7.80. The topological polar surface area (TPSA) is 58.6 Å². The average Bonchev–Trinajstić information content (AvgIpc) is 2.70. The molecule has 2 rings (SSSR count). The number of hydrogen-bond acceptors (Lipinski definition) is 3. The van der Waals surface area contributed by atoms with E-state index in [9.17, 15) is 9.90 Å². The first-order chi connectivity index (χ1) is 10.2. The Morgan fingerprint density at radius 1 is 1.29 bits per heavy atom. The van der Waals surface area contributed by atoms with E-state index >= 15 is 0 Å². The largest absolute Gasteiger partial charge is 0.496 e. The fourth-order valence-electron chi connectivity index (χ4n) is 2.89. The van der Waals surface area contributed by atoms with Gasteiger partial charge in [0.1, 0.15) is 5.75 Å². The van der Waals surface area contributed by atoms with Gasteiger partial charge in [-0.3, -0.25) is 4.79 Å². The molecule has 4 heteroatoms. The van der Waals surface area contributed by atoms with E-state index in [4.69, 9.17) is 4.74 Å². The van der Waals surface area contributed by atoms with Gasteiger partial charge in [0.05, 0.1) is 19.3 Å². The van der Waals surface area contributed by atoms with E-state index in [0.717, 1.165) is 43.4 Å². The minimum Gasteiger partial charge on any atom is -0.496 e. The Kier molecular flexibility index (Phi) is 6.05. The van der Waals surface area contributed by atoms with Gasteiger partial charge in [-0.15, -0.1) is 0 Å². The summed E-state index contributed by atoms with van der Waals surface area (Å²) in [5.41, 5.74) is 1.04. The molecule has 0 heterocycles. The number of aliphatic hydroxyl groups excluding tert-OH is 1. The summed E-state index contributed by atoms with van der Waals surface area (Å²) < 4.78 is 5.29. The first-order valence-electron chi connectivity index (χ1n) is 7.80. The number of amides is 1. The number of aryl methyl sites for hydroxylation is 1. The SMILES string of the molecule is COc1ccccc1CCC(=O)NC1CCCCCC1O. The second kappa shape index (κ2) is 8.03. The molecule has 2 unspecified atom stereocenters. The molecule has 4 nitrogen and oxygen atoms in total. The highest BCUT2D eigenvalue weighted by Crippen LogP contribution is 2.20. The third-order valence-electron chi connectivity index (χ3n) is 4.14. The predicted octanol–water partition coefficient (Wildman–Crippen LogP) is 2.44. The Hall–Kier alpha value is -1.55. The van der Waals surface area contributed by atoms with Crippen molar-refractivity contribution in [3.63, 3.8) is 0 Å². The molecule has 1 aliphatic carbocycles. The van der Waals surface area contributed by atoms with Crippen LogP contribution in [0.4, 0.5) is 0 Å². The minimum atomic E-state index is -0.400. The van der Waals surface area contributed by atoms with E-state index < -0.39 is 6.10 Å². The van der Waals surface area contributed by atoms with Gasteiger partial charge < -0.3 is 15.2 Å². The van der Waals surface area contributed by atoms with Gasteiger partial charge in [-0.2, -0.15) is 0 Å². The van der Waals surface area contributed by atoms with Gasteiger partial charge in [-0.1, -0.05) is 37.5 Å². The van der Waals surface area contributed by atoms with Crippen molar-refractivity contribution in [3.8, 4) is 5.75 Å². The molecular weight excluding hydrogens is 266 g/mol. The minimum absolute atomic E-state index is 0.00635. The second-order valence-electron chi connectivity index (χ2n) is 5.69. The maximum absolute atomic E-state index is 12.1. The molecule has 0 saturated heterocycles. The van der Waals surface area contributed by atoms with Crippen LogP contribution >= 0.6 is 0 Å². The lowest BCUT2D eigenvalue weighted by Crippen LogP contribution is -2.42. The third kappa shape index (κ3) is 4.74. The Balaban J connectivity index is 1.84. The van der Waals surface area contributed by atoms with Gasteiger partial charge >= 0.3 is 0 Å². The summed E-state index contributed by atoms with van der Waals surface area (Å²) in [7, 11) is 1.64. The summed E-state index contributed by atoms with van der Waals surface area (Å²) in [5, 5.41) is 13.0. The van der Waals surface area contributed by atoms with E-state index in [-0.39, 0.29) is 11.9 Å². The maximum atomic E-state index is 12.1. The smallest absolute Gasteiger partial charge is 0.220 e. The normalized spacial score (nSPS) is 22.4. The van der Waals surface area contributed by atoms with Crippen LogP contribution in [0.1, 0.15) is 44.1 Å². The average molecular weight is 291 g/mol. The summed E-state index contributed by atoms with van der Waals surface area (Å²) in [4.78, 5) is 12.1. The standard InChI is InChI=1S/C17H25NO3/c1-21-16-10-6-5-7-13(16)11-12-17(20)18-14-8-3-2-4-9-15(14)19/h5-7,10,14-15,19H,2-4,8-9,11-12H2,1H3,(H,18,20). The number of methoxy groups -OCH3 is 1. The van der Waals surface area contributed by atoms with Crippen molar-refractivity contribution in [2.75, 3.05) is 7.11 Å². The van der Waals surface area contributed by atoms with Crippen LogP contribution in [-0.2, 0) is 11.2 Å². The summed E-state index contributed by atoms with van der Waals surface area (Å²) in [6, 6.07) is 7.67. The molecule has 1 aromatic rings. The molecular formula is C17H25NO3. The van der Waals surface area contributed by atoms with Crippen LogP contribution in [0.25, 0.3) is 0 Å².